The second-order valence-electron chi connectivity index (χ2n) is 7.26. The largest absolute Gasteiger partial charge is 0.338 e. The summed E-state index contributed by atoms with van der Waals surface area (Å²) in [4.78, 5) is 14.7. The molecule has 1 saturated heterocycles. The Morgan fingerprint density at radius 3 is 2.59 bits per heavy atom. The zero-order valence-corrected chi connectivity index (χ0v) is 18.0. The molecule has 1 atom stereocenters. The summed E-state index contributed by atoms with van der Waals surface area (Å²) in [5.41, 5.74) is 0.494. The summed E-state index contributed by atoms with van der Waals surface area (Å²) in [6.45, 7) is 3.39. The third-order valence-corrected chi connectivity index (χ3v) is 7.51. The Labute approximate surface area is 176 Å². The highest BCUT2D eigenvalue weighted by Crippen LogP contribution is 2.28. The molecule has 0 saturated carbocycles. The number of rotatable bonds is 5. The molecule has 2 aromatic carbocycles. The van der Waals surface area contributed by atoms with Crippen molar-refractivity contribution in [1.82, 2.24) is 4.90 Å². The Morgan fingerprint density at radius 1 is 1.24 bits per heavy atom. The Kier molecular flexibility index (Phi) is 6.49. The SMILES string of the molecule is CCC1CCCN(C(=O)c2cc(S(=O)(=O)N(C)c3ccc(F)cc3)ccc2Cl)C1. The number of carbonyl (C=O) groups excluding carboxylic acids is 1. The van der Waals surface area contributed by atoms with Crippen LogP contribution in [0.4, 0.5) is 10.1 Å². The minimum Gasteiger partial charge on any atom is -0.338 e. The summed E-state index contributed by atoms with van der Waals surface area (Å²) < 4.78 is 40.3. The van der Waals surface area contributed by atoms with Gasteiger partial charge in [0.2, 0.25) is 0 Å². The fourth-order valence-electron chi connectivity index (χ4n) is 3.53. The number of halogens is 2. The summed E-state index contributed by atoms with van der Waals surface area (Å²) in [7, 11) is -2.56. The maximum absolute atomic E-state index is 13.2. The van der Waals surface area contributed by atoms with Crippen LogP contribution in [0.5, 0.6) is 0 Å². The van der Waals surface area contributed by atoms with Gasteiger partial charge in [0, 0.05) is 20.1 Å². The van der Waals surface area contributed by atoms with Crippen molar-refractivity contribution in [3.63, 3.8) is 0 Å². The predicted molar refractivity (Wildman–Crippen MR) is 112 cm³/mol. The van der Waals surface area contributed by atoms with Crippen molar-refractivity contribution >= 4 is 33.2 Å². The van der Waals surface area contributed by atoms with E-state index in [4.69, 9.17) is 11.6 Å². The van der Waals surface area contributed by atoms with Gasteiger partial charge in [-0.25, -0.2) is 12.8 Å². The third-order valence-electron chi connectivity index (χ3n) is 5.40. The van der Waals surface area contributed by atoms with Crippen LogP contribution in [0.15, 0.2) is 47.4 Å². The van der Waals surface area contributed by atoms with Crippen molar-refractivity contribution in [3.8, 4) is 0 Å². The molecule has 1 aliphatic heterocycles. The van der Waals surface area contributed by atoms with E-state index in [1.54, 1.807) is 4.90 Å². The van der Waals surface area contributed by atoms with Crippen LogP contribution in [-0.4, -0.2) is 39.4 Å². The first-order valence-electron chi connectivity index (χ1n) is 9.57. The summed E-state index contributed by atoms with van der Waals surface area (Å²) in [6, 6.07) is 9.29. The molecule has 0 aliphatic carbocycles. The first-order valence-corrected chi connectivity index (χ1v) is 11.4. The number of likely N-dealkylation sites (tertiary alicyclic amines) is 1. The van der Waals surface area contributed by atoms with Crippen LogP contribution >= 0.6 is 11.6 Å². The highest BCUT2D eigenvalue weighted by molar-refractivity contribution is 7.92. The number of benzene rings is 2. The fraction of sp³-hybridized carbons (Fsp3) is 0.381. The molecule has 1 fully saturated rings. The minimum atomic E-state index is -3.94. The average Bonchev–Trinajstić information content (AvgIpc) is 2.73. The molecule has 1 aliphatic rings. The summed E-state index contributed by atoms with van der Waals surface area (Å²) >= 11 is 6.25. The highest BCUT2D eigenvalue weighted by atomic mass is 35.5. The van der Waals surface area contributed by atoms with Gasteiger partial charge < -0.3 is 4.90 Å². The predicted octanol–water partition coefficient (Wildman–Crippen LogP) is 4.57. The van der Waals surface area contributed by atoms with Crippen LogP contribution in [0.2, 0.25) is 5.02 Å². The van der Waals surface area contributed by atoms with Gasteiger partial charge in [0.25, 0.3) is 15.9 Å². The van der Waals surface area contributed by atoms with E-state index in [1.165, 1.54) is 49.5 Å². The maximum Gasteiger partial charge on any atom is 0.264 e. The number of piperidine rings is 1. The van der Waals surface area contributed by atoms with Crippen LogP contribution in [0.25, 0.3) is 0 Å². The number of carbonyl (C=O) groups is 1. The van der Waals surface area contributed by atoms with Crippen molar-refractivity contribution in [2.45, 2.75) is 31.1 Å². The number of nitrogens with zero attached hydrogens (tertiary/aromatic N) is 2. The summed E-state index contributed by atoms with van der Waals surface area (Å²) in [6.07, 6.45) is 3.01. The van der Waals surface area contributed by atoms with Gasteiger partial charge in [-0.15, -0.1) is 0 Å². The molecule has 8 heteroatoms. The van der Waals surface area contributed by atoms with E-state index >= 15 is 0 Å². The van der Waals surface area contributed by atoms with Crippen molar-refractivity contribution < 1.29 is 17.6 Å². The smallest absolute Gasteiger partial charge is 0.264 e. The lowest BCUT2D eigenvalue weighted by atomic mass is 9.95. The number of hydrogen-bond acceptors (Lipinski definition) is 3. The Hall–Kier alpha value is -2.12. The molecule has 0 N–H and O–H groups in total. The summed E-state index contributed by atoms with van der Waals surface area (Å²) in [5.74, 6) is -0.261. The van der Waals surface area contributed by atoms with E-state index in [1.807, 2.05) is 0 Å². The van der Waals surface area contributed by atoms with Crippen molar-refractivity contribution in [2.75, 3.05) is 24.4 Å². The molecule has 0 bridgehead atoms. The van der Waals surface area contributed by atoms with E-state index in [-0.39, 0.29) is 21.4 Å². The molecule has 2 aromatic rings. The van der Waals surface area contributed by atoms with Gasteiger partial charge in [-0.1, -0.05) is 24.9 Å². The molecule has 0 radical (unpaired) electrons. The third kappa shape index (κ3) is 4.56. The average molecular weight is 439 g/mol. The number of anilines is 1. The van der Waals surface area contributed by atoms with Gasteiger partial charge in [0.05, 0.1) is 21.2 Å². The first kappa shape index (κ1) is 21.6. The molecule has 3 rings (SSSR count). The lowest BCUT2D eigenvalue weighted by Crippen LogP contribution is -2.40. The first-order chi connectivity index (χ1) is 13.7. The highest BCUT2D eigenvalue weighted by Gasteiger charge is 2.28. The van der Waals surface area contributed by atoms with Gasteiger partial charge >= 0.3 is 0 Å². The molecule has 0 aromatic heterocycles. The van der Waals surface area contributed by atoms with Gasteiger partial charge in [-0.2, -0.15) is 0 Å². The normalized spacial score (nSPS) is 17.2. The van der Waals surface area contributed by atoms with Crippen LogP contribution in [0.1, 0.15) is 36.5 Å². The fourth-order valence-corrected chi connectivity index (χ4v) is 4.95. The van der Waals surface area contributed by atoms with E-state index in [0.717, 1.165) is 23.6 Å². The molecule has 5 nitrogen and oxygen atoms in total. The topological polar surface area (TPSA) is 57.7 Å². The molecule has 156 valence electrons. The molecule has 0 spiro atoms. The van der Waals surface area contributed by atoms with Crippen LogP contribution < -0.4 is 4.31 Å². The van der Waals surface area contributed by atoms with Gasteiger partial charge in [0.1, 0.15) is 5.82 Å². The van der Waals surface area contributed by atoms with Gasteiger partial charge in [0.15, 0.2) is 0 Å². The lowest BCUT2D eigenvalue weighted by Gasteiger charge is -2.32. The Morgan fingerprint density at radius 2 is 1.93 bits per heavy atom. The summed E-state index contributed by atoms with van der Waals surface area (Å²) in [5, 5.41) is 0.219. The van der Waals surface area contributed by atoms with Crippen molar-refractivity contribution in [1.29, 1.82) is 0 Å². The molecular weight excluding hydrogens is 415 g/mol. The standard InChI is InChI=1S/C21H24ClFN2O3S/c1-3-15-5-4-12-25(14-15)21(26)19-13-18(10-11-20(19)22)29(27,28)24(2)17-8-6-16(23)7-9-17/h6-11,13,15H,3-5,12,14H2,1-2H3. The lowest BCUT2D eigenvalue weighted by molar-refractivity contribution is 0.0671. The van der Waals surface area contributed by atoms with Crippen LogP contribution in [-0.2, 0) is 10.0 Å². The maximum atomic E-state index is 13.2. The van der Waals surface area contributed by atoms with Crippen molar-refractivity contribution in [3.05, 3.63) is 58.9 Å². The second kappa shape index (κ2) is 8.71. The number of amides is 1. The number of sulfonamides is 1. The van der Waals surface area contributed by atoms with Crippen LogP contribution in [0, 0.1) is 11.7 Å². The Bertz CT molecular complexity index is 995. The van der Waals surface area contributed by atoms with Gasteiger partial charge in [-0.3, -0.25) is 9.10 Å². The zero-order chi connectivity index (χ0) is 21.2. The van der Waals surface area contributed by atoms with E-state index < -0.39 is 15.8 Å². The van der Waals surface area contributed by atoms with Crippen LogP contribution in [0.3, 0.4) is 0 Å². The Balaban J connectivity index is 1.91. The molecule has 29 heavy (non-hydrogen) atoms. The quantitative estimate of drug-likeness (QED) is 0.687. The van der Waals surface area contributed by atoms with E-state index in [0.29, 0.717) is 24.7 Å². The minimum absolute atomic E-state index is 0.0406. The molecular formula is C21H24ClFN2O3S. The molecule has 1 unspecified atom stereocenters. The van der Waals surface area contributed by atoms with E-state index in [9.17, 15) is 17.6 Å². The molecule has 1 heterocycles. The monoisotopic (exact) mass is 438 g/mol. The van der Waals surface area contributed by atoms with Gasteiger partial charge in [-0.05, 0) is 61.2 Å². The second-order valence-corrected chi connectivity index (χ2v) is 9.63. The molecule has 1 amide bonds. The number of hydrogen-bond donors (Lipinski definition) is 0. The zero-order valence-electron chi connectivity index (χ0n) is 16.4. The van der Waals surface area contributed by atoms with E-state index in [2.05, 4.69) is 6.92 Å². The van der Waals surface area contributed by atoms with Crippen molar-refractivity contribution in [2.24, 2.45) is 5.92 Å².